The number of esters is 1. The number of benzene rings is 1. The molecule has 102 valence electrons. The molecule has 0 saturated heterocycles. The summed E-state index contributed by atoms with van der Waals surface area (Å²) in [4.78, 5) is 11.5. The molecular formula is C14H14N4O2. The van der Waals surface area contributed by atoms with Crippen LogP contribution in [-0.4, -0.2) is 25.0 Å². The molecule has 0 aliphatic carbocycles. The Morgan fingerprint density at radius 2 is 2.15 bits per heavy atom. The predicted molar refractivity (Wildman–Crippen MR) is 76.1 cm³/mol. The molecule has 0 unspecified atom stereocenters. The van der Waals surface area contributed by atoms with Crippen molar-refractivity contribution in [3.63, 3.8) is 0 Å². The maximum atomic E-state index is 11.5. The van der Waals surface area contributed by atoms with Gasteiger partial charge in [0.1, 0.15) is 5.70 Å². The first-order chi connectivity index (χ1) is 9.62. The van der Waals surface area contributed by atoms with Gasteiger partial charge in [0.05, 0.1) is 24.0 Å². The maximum absolute atomic E-state index is 11.5. The summed E-state index contributed by atoms with van der Waals surface area (Å²) in [6, 6.07) is 8.62. The molecule has 1 rings (SSSR count). The van der Waals surface area contributed by atoms with E-state index in [0.29, 0.717) is 16.8 Å². The summed E-state index contributed by atoms with van der Waals surface area (Å²) < 4.78 is 4.78. The second kappa shape index (κ2) is 7.48. The maximum Gasteiger partial charge on any atom is 0.354 e. The number of allylic oxidation sites excluding steroid dienone is 1. The van der Waals surface area contributed by atoms with E-state index in [4.69, 9.17) is 15.7 Å². The largest absolute Gasteiger partial charge is 0.461 e. The van der Waals surface area contributed by atoms with Crippen LogP contribution in [-0.2, 0) is 9.53 Å². The molecule has 0 bridgehead atoms. The summed E-state index contributed by atoms with van der Waals surface area (Å²) in [7, 11) is 0. The first kappa shape index (κ1) is 15.1. The number of hydrogen-bond donors (Lipinski definition) is 1. The van der Waals surface area contributed by atoms with E-state index < -0.39 is 5.97 Å². The van der Waals surface area contributed by atoms with Crippen molar-refractivity contribution in [2.75, 3.05) is 6.61 Å². The zero-order valence-electron chi connectivity index (χ0n) is 11.0. The van der Waals surface area contributed by atoms with E-state index in [-0.39, 0.29) is 12.3 Å². The van der Waals surface area contributed by atoms with Gasteiger partial charge < -0.3 is 10.5 Å². The van der Waals surface area contributed by atoms with Crippen molar-refractivity contribution < 1.29 is 9.53 Å². The van der Waals surface area contributed by atoms with Crippen molar-refractivity contribution >= 4 is 18.4 Å². The quantitative estimate of drug-likeness (QED) is 0.378. The van der Waals surface area contributed by atoms with E-state index >= 15 is 0 Å². The predicted octanol–water partition coefficient (Wildman–Crippen LogP) is 1.37. The highest BCUT2D eigenvalue weighted by atomic mass is 16.5. The third-order valence-corrected chi connectivity index (χ3v) is 2.29. The average Bonchev–Trinajstić information content (AvgIpc) is 2.47. The Kier molecular flexibility index (Phi) is 5.66. The molecule has 0 aromatic heterocycles. The molecule has 2 N–H and O–H groups in total. The van der Waals surface area contributed by atoms with Gasteiger partial charge in [-0.15, -0.1) is 0 Å². The van der Waals surface area contributed by atoms with Gasteiger partial charge in [0, 0.05) is 12.3 Å². The second-order valence-corrected chi connectivity index (χ2v) is 3.64. The van der Waals surface area contributed by atoms with Crippen LogP contribution < -0.4 is 5.73 Å². The normalized spacial score (nSPS) is 11.6. The molecule has 0 heterocycles. The van der Waals surface area contributed by atoms with Crippen LogP contribution in [0.4, 0.5) is 0 Å². The minimum atomic E-state index is -0.627. The minimum Gasteiger partial charge on any atom is -0.461 e. The van der Waals surface area contributed by atoms with Crippen molar-refractivity contribution in [2.24, 2.45) is 15.9 Å². The van der Waals surface area contributed by atoms with Gasteiger partial charge in [-0.1, -0.05) is 12.1 Å². The molecule has 0 atom stereocenters. The Labute approximate surface area is 116 Å². The Morgan fingerprint density at radius 3 is 2.65 bits per heavy atom. The zero-order valence-corrected chi connectivity index (χ0v) is 11.0. The lowest BCUT2D eigenvalue weighted by molar-refractivity contribution is -0.138. The summed E-state index contributed by atoms with van der Waals surface area (Å²) in [5.41, 5.74) is 7.06. The van der Waals surface area contributed by atoms with E-state index in [1.165, 1.54) is 6.08 Å². The average molecular weight is 270 g/mol. The van der Waals surface area contributed by atoms with Crippen LogP contribution in [0.25, 0.3) is 0 Å². The molecule has 0 fully saturated rings. The topological polar surface area (TPSA) is 101 Å². The molecule has 1 aromatic rings. The molecule has 20 heavy (non-hydrogen) atoms. The number of carbonyl (C=O) groups is 1. The van der Waals surface area contributed by atoms with Gasteiger partial charge in [0.2, 0.25) is 0 Å². The van der Waals surface area contributed by atoms with Crippen molar-refractivity contribution in [1.29, 1.82) is 5.26 Å². The minimum absolute atomic E-state index is 0.0846. The molecule has 0 radical (unpaired) electrons. The van der Waals surface area contributed by atoms with Gasteiger partial charge in [0.25, 0.3) is 0 Å². The number of rotatable bonds is 5. The number of nitrogens with two attached hydrogens (primary N) is 1. The lowest BCUT2D eigenvalue weighted by Crippen LogP contribution is -2.16. The SMILES string of the molecule is C=NN=C(C=C(N)C(=O)OCC)c1ccc(C#N)cc1. The summed E-state index contributed by atoms with van der Waals surface area (Å²) in [5, 5.41) is 16.0. The second-order valence-electron chi connectivity index (χ2n) is 3.64. The van der Waals surface area contributed by atoms with Crippen LogP contribution >= 0.6 is 0 Å². The van der Waals surface area contributed by atoms with E-state index in [1.807, 2.05) is 6.07 Å². The number of hydrogen-bond acceptors (Lipinski definition) is 6. The van der Waals surface area contributed by atoms with Crippen LogP contribution in [0.1, 0.15) is 18.1 Å². The fourth-order valence-corrected chi connectivity index (χ4v) is 1.38. The molecule has 6 heteroatoms. The van der Waals surface area contributed by atoms with E-state index in [1.54, 1.807) is 31.2 Å². The highest BCUT2D eigenvalue weighted by Gasteiger charge is 2.09. The van der Waals surface area contributed by atoms with Crippen LogP contribution in [0, 0.1) is 11.3 Å². The fourth-order valence-electron chi connectivity index (χ4n) is 1.38. The molecule has 0 aliphatic rings. The first-order valence-electron chi connectivity index (χ1n) is 5.80. The smallest absolute Gasteiger partial charge is 0.354 e. The molecule has 1 aromatic carbocycles. The van der Waals surface area contributed by atoms with Gasteiger partial charge >= 0.3 is 5.97 Å². The molecule has 0 saturated carbocycles. The van der Waals surface area contributed by atoms with Gasteiger partial charge in [0.15, 0.2) is 0 Å². The Bertz CT molecular complexity index is 595. The highest BCUT2D eigenvalue weighted by molar-refractivity contribution is 6.11. The summed E-state index contributed by atoms with van der Waals surface area (Å²) in [6.07, 6.45) is 1.36. The van der Waals surface area contributed by atoms with E-state index in [0.717, 1.165) is 0 Å². The van der Waals surface area contributed by atoms with Gasteiger partial charge in [-0.25, -0.2) is 4.79 Å². The summed E-state index contributed by atoms with van der Waals surface area (Å²) in [6.45, 7) is 5.19. The van der Waals surface area contributed by atoms with Gasteiger partial charge in [-0.05, 0) is 25.1 Å². The highest BCUT2D eigenvalue weighted by Crippen LogP contribution is 2.07. The van der Waals surface area contributed by atoms with E-state index in [2.05, 4.69) is 16.9 Å². The third-order valence-electron chi connectivity index (χ3n) is 2.29. The van der Waals surface area contributed by atoms with Crippen LogP contribution in [0.2, 0.25) is 0 Å². The standard InChI is InChI=1S/C14H14N4O2/c1-3-20-14(19)12(16)8-13(18-17-2)11-6-4-10(9-15)5-7-11/h4-8H,2-3,16H2,1H3. The van der Waals surface area contributed by atoms with Crippen molar-refractivity contribution in [1.82, 2.24) is 0 Å². The molecule has 6 nitrogen and oxygen atoms in total. The fraction of sp³-hybridized carbons (Fsp3) is 0.143. The van der Waals surface area contributed by atoms with Gasteiger partial charge in [-0.3, -0.25) is 0 Å². The Hall–Kier alpha value is -2.94. The monoisotopic (exact) mass is 270 g/mol. The van der Waals surface area contributed by atoms with Crippen molar-refractivity contribution in [2.45, 2.75) is 6.92 Å². The Morgan fingerprint density at radius 1 is 1.50 bits per heavy atom. The summed E-state index contributed by atoms with van der Waals surface area (Å²) in [5.74, 6) is -0.627. The van der Waals surface area contributed by atoms with Crippen molar-refractivity contribution in [3.05, 3.63) is 47.2 Å². The molecule has 0 amide bonds. The molecule has 0 spiro atoms. The zero-order chi connectivity index (χ0) is 15.0. The Balaban J connectivity index is 3.09. The molecule has 0 aliphatic heterocycles. The lowest BCUT2D eigenvalue weighted by Gasteiger charge is -2.04. The number of ether oxygens (including phenoxy) is 1. The van der Waals surface area contributed by atoms with Crippen LogP contribution in [0.5, 0.6) is 0 Å². The lowest BCUT2D eigenvalue weighted by atomic mass is 10.1. The van der Waals surface area contributed by atoms with Crippen LogP contribution in [0.15, 0.2) is 46.2 Å². The third kappa shape index (κ3) is 4.07. The number of carbonyl (C=O) groups excluding carboxylic acids is 1. The molecular weight excluding hydrogens is 256 g/mol. The first-order valence-corrected chi connectivity index (χ1v) is 5.80. The van der Waals surface area contributed by atoms with Crippen LogP contribution in [0.3, 0.4) is 0 Å². The van der Waals surface area contributed by atoms with E-state index in [9.17, 15) is 4.79 Å². The summed E-state index contributed by atoms with van der Waals surface area (Å²) >= 11 is 0. The van der Waals surface area contributed by atoms with Gasteiger partial charge in [-0.2, -0.15) is 15.5 Å². The number of nitrogens with zero attached hydrogens (tertiary/aromatic N) is 3. The number of nitriles is 1. The van der Waals surface area contributed by atoms with Crippen molar-refractivity contribution in [3.8, 4) is 6.07 Å².